The highest BCUT2D eigenvalue weighted by Gasteiger charge is 2.40. The maximum absolute atomic E-state index is 13.9. The first-order valence-corrected chi connectivity index (χ1v) is 17.8. The Hall–Kier alpha value is -5.28. The number of nitrogens with one attached hydrogen (secondary N) is 2. The van der Waals surface area contributed by atoms with E-state index in [0.717, 1.165) is 0 Å². The minimum absolute atomic E-state index is 0.0147. The van der Waals surface area contributed by atoms with Crippen molar-refractivity contribution in [1.29, 1.82) is 0 Å². The lowest BCUT2D eigenvalue weighted by atomic mass is 9.82. The molecule has 0 saturated heterocycles. The zero-order valence-electron chi connectivity index (χ0n) is 28.0. The molecule has 0 aromatic heterocycles. The molecule has 0 bridgehead atoms. The zero-order chi connectivity index (χ0) is 38.9. The van der Waals surface area contributed by atoms with E-state index < -0.39 is 73.6 Å². The van der Waals surface area contributed by atoms with Crippen LogP contribution in [0.3, 0.4) is 0 Å². The minimum Gasteiger partial charge on any atom is -0.465 e. The number of hydrogen-bond donors (Lipinski definition) is 2. The number of carbonyl (C=O) groups excluding carboxylic acids is 8. The lowest BCUT2D eigenvalue weighted by Gasteiger charge is -2.31. The number of benzene rings is 5. The standard InChI is InChI=1S/C36H24Cl4N4O10/c1-3-53-23(47)9-41-21(45)11-43-33(49)13-5-17(37)27-29-19(39)7-15-26-16(36(52)44(35(15)51)12-22(46)42-10-24(48)54-4-2)8-20(40)30(32(26)29)28-18(38)6-14(34(43)50)25(13)31(27)28/h5-8H,3-4,9-12H2,1-2H3,(H,41,45)(H,42,46). The fourth-order valence-corrected chi connectivity index (χ4v) is 8.20. The fraction of sp³-hybridized carbons (Fsp3) is 0.222. The first-order chi connectivity index (χ1) is 25.7. The molecule has 5 aromatic carbocycles. The van der Waals surface area contributed by atoms with Crippen molar-refractivity contribution in [2.75, 3.05) is 39.4 Å². The summed E-state index contributed by atoms with van der Waals surface area (Å²) in [7, 11) is 0. The average Bonchev–Trinajstić information content (AvgIpc) is 3.12. The summed E-state index contributed by atoms with van der Waals surface area (Å²) < 4.78 is 9.59. The van der Waals surface area contributed by atoms with Crippen molar-refractivity contribution in [3.63, 3.8) is 0 Å². The highest BCUT2D eigenvalue weighted by atomic mass is 35.5. The van der Waals surface area contributed by atoms with Crippen LogP contribution in [-0.2, 0) is 28.7 Å². The van der Waals surface area contributed by atoms with Gasteiger partial charge in [-0.2, -0.15) is 0 Å². The Bertz CT molecular complexity index is 2300. The normalized spacial score (nSPS) is 13.8. The van der Waals surface area contributed by atoms with Gasteiger partial charge in [-0.05, 0) is 38.1 Å². The van der Waals surface area contributed by atoms with Crippen molar-refractivity contribution in [1.82, 2.24) is 20.4 Å². The van der Waals surface area contributed by atoms with Gasteiger partial charge in [0.15, 0.2) is 0 Å². The fourth-order valence-electron chi connectivity index (χ4n) is 7.01. The number of carbonyl (C=O) groups is 8. The maximum atomic E-state index is 13.9. The summed E-state index contributed by atoms with van der Waals surface area (Å²) >= 11 is 27.8. The van der Waals surface area contributed by atoms with Crippen LogP contribution in [0.5, 0.6) is 0 Å². The molecular weight excluding hydrogens is 790 g/mol. The van der Waals surface area contributed by atoms with Gasteiger partial charge in [-0.15, -0.1) is 0 Å². The van der Waals surface area contributed by atoms with Crippen LogP contribution in [0.2, 0.25) is 20.1 Å². The molecule has 0 fully saturated rings. The van der Waals surface area contributed by atoms with Crippen molar-refractivity contribution < 1.29 is 47.8 Å². The molecule has 0 radical (unpaired) electrons. The van der Waals surface area contributed by atoms with Crippen LogP contribution in [0.15, 0.2) is 24.3 Å². The van der Waals surface area contributed by atoms with E-state index in [1.54, 1.807) is 13.8 Å². The summed E-state index contributed by atoms with van der Waals surface area (Å²) in [6.07, 6.45) is 0. The van der Waals surface area contributed by atoms with Crippen LogP contribution >= 0.6 is 46.4 Å². The van der Waals surface area contributed by atoms with Gasteiger partial charge < -0.3 is 20.1 Å². The first-order valence-electron chi connectivity index (χ1n) is 16.2. The van der Waals surface area contributed by atoms with Crippen LogP contribution < -0.4 is 10.6 Å². The molecule has 18 heteroatoms. The third-order valence-electron chi connectivity index (χ3n) is 9.09. The predicted octanol–water partition coefficient (Wildman–Crippen LogP) is 4.90. The summed E-state index contributed by atoms with van der Waals surface area (Å²) in [5, 5.41) is 6.37. The molecule has 2 aliphatic heterocycles. The number of nitrogens with zero attached hydrogens (tertiary/aromatic N) is 2. The quantitative estimate of drug-likeness (QED) is 0.0851. The molecule has 2 heterocycles. The zero-order valence-corrected chi connectivity index (χ0v) is 31.1. The van der Waals surface area contributed by atoms with Crippen molar-refractivity contribution in [2.24, 2.45) is 0 Å². The number of rotatable bonds is 10. The van der Waals surface area contributed by atoms with Gasteiger partial charge >= 0.3 is 11.9 Å². The Morgan fingerprint density at radius 1 is 0.500 bits per heavy atom. The third kappa shape index (κ3) is 5.72. The largest absolute Gasteiger partial charge is 0.465 e. The molecule has 0 aliphatic carbocycles. The number of ether oxygens (including phenoxy) is 2. The van der Waals surface area contributed by atoms with Crippen molar-refractivity contribution in [2.45, 2.75) is 13.8 Å². The second-order valence-corrected chi connectivity index (χ2v) is 13.8. The molecule has 276 valence electrons. The average molecular weight is 814 g/mol. The van der Waals surface area contributed by atoms with E-state index in [1.165, 1.54) is 24.3 Å². The predicted molar refractivity (Wildman–Crippen MR) is 198 cm³/mol. The molecule has 2 aliphatic rings. The Morgan fingerprint density at radius 3 is 1.04 bits per heavy atom. The lowest BCUT2D eigenvalue weighted by Crippen LogP contribution is -2.47. The molecular formula is C36H24Cl4N4O10. The second kappa shape index (κ2) is 13.9. The van der Waals surface area contributed by atoms with Gasteiger partial charge in [0.1, 0.15) is 26.2 Å². The maximum Gasteiger partial charge on any atom is 0.325 e. The molecule has 54 heavy (non-hydrogen) atoms. The number of imide groups is 2. The van der Waals surface area contributed by atoms with Crippen LogP contribution in [0.1, 0.15) is 55.3 Å². The monoisotopic (exact) mass is 812 g/mol. The molecule has 0 saturated carbocycles. The van der Waals surface area contributed by atoms with E-state index in [-0.39, 0.29) is 98.6 Å². The Kier molecular flexibility index (Phi) is 9.50. The van der Waals surface area contributed by atoms with Gasteiger partial charge in [-0.25, -0.2) is 0 Å². The molecule has 0 unspecified atom stereocenters. The summed E-state index contributed by atoms with van der Waals surface area (Å²) in [6, 6.07) is 5.29. The van der Waals surface area contributed by atoms with Gasteiger partial charge in [0.25, 0.3) is 23.6 Å². The minimum atomic E-state index is -0.851. The highest BCUT2D eigenvalue weighted by molar-refractivity contribution is 6.56. The second-order valence-electron chi connectivity index (χ2n) is 12.2. The molecule has 2 N–H and O–H groups in total. The Balaban J connectivity index is 1.39. The number of amides is 6. The molecule has 0 spiro atoms. The molecule has 7 rings (SSSR count). The van der Waals surface area contributed by atoms with Gasteiger partial charge in [-0.3, -0.25) is 48.2 Å². The Labute approximate surface area is 323 Å². The van der Waals surface area contributed by atoms with E-state index in [2.05, 4.69) is 10.6 Å². The number of esters is 2. The van der Waals surface area contributed by atoms with E-state index in [4.69, 9.17) is 55.9 Å². The molecule has 6 amide bonds. The van der Waals surface area contributed by atoms with E-state index in [9.17, 15) is 38.4 Å². The van der Waals surface area contributed by atoms with E-state index in [1.807, 2.05) is 0 Å². The van der Waals surface area contributed by atoms with Gasteiger partial charge in [0.2, 0.25) is 11.8 Å². The van der Waals surface area contributed by atoms with Crippen molar-refractivity contribution in [3.8, 4) is 0 Å². The van der Waals surface area contributed by atoms with Gasteiger partial charge in [0, 0.05) is 63.2 Å². The number of halogens is 4. The third-order valence-corrected chi connectivity index (χ3v) is 10.3. The number of hydrogen-bond acceptors (Lipinski definition) is 10. The van der Waals surface area contributed by atoms with Gasteiger partial charge in [-0.1, -0.05) is 46.4 Å². The molecule has 5 aromatic rings. The van der Waals surface area contributed by atoms with Crippen LogP contribution in [-0.4, -0.2) is 96.6 Å². The number of fused-ring (bicyclic) bond motifs is 2. The molecule has 0 atom stereocenters. The van der Waals surface area contributed by atoms with Crippen LogP contribution in [0.4, 0.5) is 0 Å². The SMILES string of the molecule is CCOC(=O)CNC(=O)CN1C(=O)c2cc(Cl)c3c4c(Cl)cc5c6c(cc(Cl)c(c7c(Cl)cc(c2c37)C1=O)c64)C(=O)N(CC(=O)NCC(=O)OCC)C5=O. The van der Waals surface area contributed by atoms with Crippen LogP contribution in [0, 0.1) is 0 Å². The van der Waals surface area contributed by atoms with Crippen molar-refractivity contribution >= 4 is 137 Å². The van der Waals surface area contributed by atoms with Crippen molar-refractivity contribution in [3.05, 3.63) is 66.6 Å². The topological polar surface area (TPSA) is 186 Å². The van der Waals surface area contributed by atoms with Gasteiger partial charge in [0.05, 0.1) is 35.5 Å². The summed E-state index contributed by atoms with van der Waals surface area (Å²) in [4.78, 5) is 106. The first kappa shape index (κ1) is 37.1. The lowest BCUT2D eigenvalue weighted by molar-refractivity contribution is -0.143. The molecule has 14 nitrogen and oxygen atoms in total. The van der Waals surface area contributed by atoms with Crippen LogP contribution in [0.25, 0.3) is 43.1 Å². The summed E-state index contributed by atoms with van der Waals surface area (Å²) in [5.74, 6) is -6.42. The summed E-state index contributed by atoms with van der Waals surface area (Å²) in [5.41, 5.74) is -0.137. The summed E-state index contributed by atoms with van der Waals surface area (Å²) in [6.45, 7) is 0.979. The van der Waals surface area contributed by atoms with E-state index >= 15 is 0 Å². The van der Waals surface area contributed by atoms with E-state index in [0.29, 0.717) is 9.80 Å². The Morgan fingerprint density at radius 2 is 0.778 bits per heavy atom. The smallest absolute Gasteiger partial charge is 0.325 e. The highest BCUT2D eigenvalue weighted by Crippen LogP contribution is 2.53.